The van der Waals surface area contributed by atoms with Crippen LogP contribution in [0.3, 0.4) is 0 Å². The van der Waals surface area contributed by atoms with Gasteiger partial charge >= 0.3 is 11.9 Å². The molecule has 2 heterocycles. The van der Waals surface area contributed by atoms with E-state index in [0.717, 1.165) is 5.56 Å². The molecule has 0 amide bonds. The van der Waals surface area contributed by atoms with Crippen molar-refractivity contribution in [2.75, 3.05) is 5.75 Å². The zero-order chi connectivity index (χ0) is 19.6. The monoisotopic (exact) mass is 390 g/mol. The summed E-state index contributed by atoms with van der Waals surface area (Å²) in [6, 6.07) is 9.25. The molecular formula is C20H22O6S. The van der Waals surface area contributed by atoms with Crippen molar-refractivity contribution in [3.05, 3.63) is 46.4 Å². The number of carbonyl (C=O) groups is 2. The number of hydrogen-bond donors (Lipinski definition) is 0. The van der Waals surface area contributed by atoms with Gasteiger partial charge in [-0.1, -0.05) is 35.9 Å². The molecule has 7 heteroatoms. The molecule has 2 saturated heterocycles. The number of hydrogen-bond acceptors (Lipinski definition) is 6. The van der Waals surface area contributed by atoms with Gasteiger partial charge in [-0.2, -0.15) is 0 Å². The second kappa shape index (κ2) is 5.67. The van der Waals surface area contributed by atoms with Crippen LogP contribution in [-0.2, 0) is 28.9 Å². The van der Waals surface area contributed by atoms with Crippen LogP contribution in [0.4, 0.5) is 0 Å². The molecule has 2 aliphatic heterocycles. The maximum absolute atomic E-state index is 13.3. The third kappa shape index (κ3) is 2.47. The quantitative estimate of drug-likeness (QED) is 0.541. The van der Waals surface area contributed by atoms with Crippen molar-refractivity contribution in [1.82, 2.24) is 0 Å². The molecule has 1 aliphatic carbocycles. The summed E-state index contributed by atoms with van der Waals surface area (Å²) in [6.07, 6.45) is 0.503. The molecule has 4 rings (SSSR count). The van der Waals surface area contributed by atoms with E-state index in [-0.39, 0.29) is 17.1 Å². The number of cyclic esters (lactones) is 2. The fourth-order valence-electron chi connectivity index (χ4n) is 4.89. The molecule has 144 valence electrons. The van der Waals surface area contributed by atoms with Crippen LogP contribution in [0.5, 0.6) is 0 Å². The van der Waals surface area contributed by atoms with Gasteiger partial charge in [0, 0.05) is 30.6 Å². The number of rotatable bonds is 1. The smallest absolute Gasteiger partial charge is 0.328 e. The molecule has 27 heavy (non-hydrogen) atoms. The number of esters is 2. The molecule has 3 aliphatic rings. The first-order valence-electron chi connectivity index (χ1n) is 9.04. The Hall–Kier alpha value is -2.15. The molecular weight excluding hydrogens is 368 g/mol. The van der Waals surface area contributed by atoms with Gasteiger partial charge in [-0.3, -0.25) is 9.59 Å². The van der Waals surface area contributed by atoms with E-state index in [0.29, 0.717) is 12.0 Å². The topological polar surface area (TPSA) is 86.7 Å². The highest BCUT2D eigenvalue weighted by Crippen LogP contribution is 2.60. The maximum atomic E-state index is 13.3. The van der Waals surface area contributed by atoms with Crippen LogP contribution in [-0.4, -0.2) is 31.9 Å². The molecule has 1 spiro atoms. The molecule has 1 aromatic carbocycles. The van der Waals surface area contributed by atoms with Crippen molar-refractivity contribution in [2.24, 2.45) is 11.3 Å². The maximum Gasteiger partial charge on any atom is 0.328 e. The SMILES string of the molecule is CC1=C2[C@H](CCS2(=O)=O)C2(C(=O)OC(C)(C)OC2=O)[C@H](c2ccccc2)C1. The number of allylic oxidation sites excluding steroid dienone is 2. The van der Waals surface area contributed by atoms with Gasteiger partial charge in [-0.15, -0.1) is 0 Å². The Kier molecular flexibility index (Phi) is 3.83. The van der Waals surface area contributed by atoms with Crippen molar-refractivity contribution in [2.45, 2.75) is 45.3 Å². The second-order valence-corrected chi connectivity index (χ2v) is 10.1. The summed E-state index contributed by atoms with van der Waals surface area (Å²) >= 11 is 0. The number of ether oxygens (including phenoxy) is 2. The van der Waals surface area contributed by atoms with Gasteiger partial charge in [0.2, 0.25) is 0 Å². The highest BCUT2D eigenvalue weighted by Gasteiger charge is 2.69. The van der Waals surface area contributed by atoms with Crippen molar-refractivity contribution in [3.8, 4) is 0 Å². The fraction of sp³-hybridized carbons (Fsp3) is 0.500. The van der Waals surface area contributed by atoms with Crippen molar-refractivity contribution >= 4 is 21.8 Å². The lowest BCUT2D eigenvalue weighted by atomic mass is 9.58. The summed E-state index contributed by atoms with van der Waals surface area (Å²) in [5, 5.41) is 0. The average Bonchev–Trinajstić information content (AvgIpc) is 2.90. The molecule has 0 aromatic heterocycles. The van der Waals surface area contributed by atoms with Gasteiger partial charge in [-0.05, 0) is 25.3 Å². The van der Waals surface area contributed by atoms with Crippen molar-refractivity contribution < 1.29 is 27.5 Å². The van der Waals surface area contributed by atoms with Crippen LogP contribution in [0.15, 0.2) is 40.8 Å². The van der Waals surface area contributed by atoms with Crippen LogP contribution in [0.2, 0.25) is 0 Å². The van der Waals surface area contributed by atoms with Gasteiger partial charge in [0.05, 0.1) is 5.75 Å². The second-order valence-electron chi connectivity index (χ2n) is 8.02. The predicted octanol–water partition coefficient (Wildman–Crippen LogP) is 2.71. The van der Waals surface area contributed by atoms with E-state index in [1.54, 1.807) is 6.92 Å². The highest BCUT2D eigenvalue weighted by molar-refractivity contribution is 7.95. The van der Waals surface area contributed by atoms with E-state index in [2.05, 4.69) is 0 Å². The van der Waals surface area contributed by atoms with Crippen molar-refractivity contribution in [3.63, 3.8) is 0 Å². The number of fused-ring (bicyclic) bond motifs is 2. The standard InChI is InChI=1S/C20H22O6S/c1-12-11-15(13-7-5-4-6-8-13)20(14-9-10-27(23,24)16(12)14)17(21)25-19(2,3)26-18(20)22/h4-8,14-15H,9-11H2,1-3H3/t14-,15-/m0/s1. The molecule has 0 radical (unpaired) electrons. The normalized spacial score (nSPS) is 30.6. The summed E-state index contributed by atoms with van der Waals surface area (Å²) < 4.78 is 36.3. The van der Waals surface area contributed by atoms with Crippen LogP contribution in [0.1, 0.15) is 45.1 Å². The summed E-state index contributed by atoms with van der Waals surface area (Å²) in [7, 11) is -3.49. The molecule has 0 N–H and O–H groups in total. The summed E-state index contributed by atoms with van der Waals surface area (Å²) in [5.41, 5.74) is -0.161. The Morgan fingerprint density at radius 1 is 1.00 bits per heavy atom. The Bertz CT molecular complexity index is 937. The zero-order valence-electron chi connectivity index (χ0n) is 15.5. The van der Waals surface area contributed by atoms with Crippen molar-refractivity contribution in [1.29, 1.82) is 0 Å². The Morgan fingerprint density at radius 3 is 2.19 bits per heavy atom. The highest BCUT2D eigenvalue weighted by atomic mass is 32.2. The largest absolute Gasteiger partial charge is 0.422 e. The number of benzene rings is 1. The molecule has 6 nitrogen and oxygen atoms in total. The van der Waals surface area contributed by atoms with E-state index >= 15 is 0 Å². The molecule has 1 aromatic rings. The lowest BCUT2D eigenvalue weighted by molar-refractivity contribution is -0.257. The van der Waals surface area contributed by atoms with Gasteiger partial charge in [0.15, 0.2) is 15.3 Å². The first kappa shape index (κ1) is 18.2. The Balaban J connectivity index is 1.98. The first-order chi connectivity index (χ1) is 12.6. The van der Waals surface area contributed by atoms with Crippen LogP contribution in [0, 0.1) is 11.3 Å². The third-order valence-electron chi connectivity index (χ3n) is 5.91. The van der Waals surface area contributed by atoms with Crippen LogP contribution >= 0.6 is 0 Å². The minimum Gasteiger partial charge on any atom is -0.422 e. The molecule has 0 bridgehead atoms. The summed E-state index contributed by atoms with van der Waals surface area (Å²) in [6.45, 7) is 4.78. The summed E-state index contributed by atoms with van der Waals surface area (Å²) in [4.78, 5) is 26.8. The summed E-state index contributed by atoms with van der Waals surface area (Å²) in [5.74, 6) is -4.10. The van der Waals surface area contributed by atoms with E-state index in [1.165, 1.54) is 13.8 Å². The van der Waals surface area contributed by atoms with Gasteiger partial charge in [0.1, 0.15) is 0 Å². The Morgan fingerprint density at radius 2 is 1.59 bits per heavy atom. The van der Waals surface area contributed by atoms with Crippen LogP contribution < -0.4 is 0 Å². The fourth-order valence-corrected chi connectivity index (χ4v) is 7.01. The number of carbonyl (C=O) groups excluding carboxylic acids is 2. The van der Waals surface area contributed by atoms with E-state index in [4.69, 9.17) is 9.47 Å². The minimum absolute atomic E-state index is 0.0719. The molecule has 2 atom stereocenters. The van der Waals surface area contributed by atoms with Gasteiger partial charge in [-0.25, -0.2) is 8.42 Å². The third-order valence-corrected chi connectivity index (χ3v) is 7.99. The van der Waals surface area contributed by atoms with E-state index in [1.807, 2.05) is 30.3 Å². The lowest BCUT2D eigenvalue weighted by Gasteiger charge is -2.49. The molecule has 0 unspecified atom stereocenters. The average molecular weight is 390 g/mol. The van der Waals surface area contributed by atoms with Crippen LogP contribution in [0.25, 0.3) is 0 Å². The minimum atomic E-state index is -3.49. The van der Waals surface area contributed by atoms with Gasteiger partial charge in [0.25, 0.3) is 5.79 Å². The lowest BCUT2D eigenvalue weighted by Crippen LogP contribution is -2.60. The molecule has 2 fully saturated rings. The zero-order valence-corrected chi connectivity index (χ0v) is 16.3. The van der Waals surface area contributed by atoms with E-state index in [9.17, 15) is 18.0 Å². The van der Waals surface area contributed by atoms with Gasteiger partial charge < -0.3 is 9.47 Å². The number of sulfone groups is 1. The molecule has 0 saturated carbocycles. The van der Waals surface area contributed by atoms with E-state index < -0.39 is 44.8 Å². The Labute approximate surface area is 158 Å². The first-order valence-corrected chi connectivity index (χ1v) is 10.7. The predicted molar refractivity (Wildman–Crippen MR) is 97.1 cm³/mol.